The van der Waals surface area contributed by atoms with Gasteiger partial charge in [0.05, 0.1) is 11.5 Å². The molecule has 98 valence electrons. The predicted octanol–water partition coefficient (Wildman–Crippen LogP) is 0.264. The maximum atomic E-state index is 11.4. The van der Waals surface area contributed by atoms with Crippen molar-refractivity contribution >= 4 is 15.8 Å². The van der Waals surface area contributed by atoms with Crippen molar-refractivity contribution in [3.63, 3.8) is 0 Å². The third-order valence-corrected chi connectivity index (χ3v) is 5.90. The lowest BCUT2D eigenvalue weighted by molar-refractivity contribution is -0.146. The fourth-order valence-corrected chi connectivity index (χ4v) is 4.91. The molecule has 0 aromatic rings. The summed E-state index contributed by atoms with van der Waals surface area (Å²) in [5, 5.41) is 12.2. The average molecular weight is 261 g/mol. The lowest BCUT2D eigenvalue weighted by Crippen LogP contribution is -2.55. The number of carboxylic acid groups (broad SMARTS) is 1. The van der Waals surface area contributed by atoms with Crippen molar-refractivity contribution in [2.45, 2.75) is 31.7 Å². The van der Waals surface area contributed by atoms with Gasteiger partial charge in [0.15, 0.2) is 9.84 Å². The van der Waals surface area contributed by atoms with E-state index in [0.717, 1.165) is 6.42 Å². The molecular weight excluding hydrogens is 242 g/mol. The van der Waals surface area contributed by atoms with Crippen LogP contribution in [0.5, 0.6) is 0 Å². The van der Waals surface area contributed by atoms with E-state index in [2.05, 4.69) is 5.32 Å². The first-order valence-electron chi connectivity index (χ1n) is 6.01. The lowest BCUT2D eigenvalue weighted by Gasteiger charge is -2.38. The van der Waals surface area contributed by atoms with E-state index < -0.39 is 21.3 Å². The Bertz CT molecular complexity index is 419. The van der Waals surface area contributed by atoms with Crippen LogP contribution in [0.2, 0.25) is 0 Å². The number of nitrogens with one attached hydrogen (secondary N) is 1. The van der Waals surface area contributed by atoms with Gasteiger partial charge >= 0.3 is 5.97 Å². The van der Waals surface area contributed by atoms with Gasteiger partial charge in [-0.25, -0.2) is 8.42 Å². The van der Waals surface area contributed by atoms with Crippen LogP contribution in [-0.2, 0) is 14.6 Å². The quantitative estimate of drug-likeness (QED) is 0.745. The van der Waals surface area contributed by atoms with Crippen molar-refractivity contribution in [1.82, 2.24) is 5.32 Å². The number of hydrogen-bond donors (Lipinski definition) is 2. The fraction of sp³-hybridized carbons (Fsp3) is 0.909. The van der Waals surface area contributed by atoms with Gasteiger partial charge in [0.2, 0.25) is 0 Å². The first-order chi connectivity index (χ1) is 7.82. The molecule has 0 aromatic heterocycles. The number of rotatable bonds is 2. The van der Waals surface area contributed by atoms with Gasteiger partial charge in [-0.2, -0.15) is 0 Å². The molecule has 2 aliphatic heterocycles. The van der Waals surface area contributed by atoms with E-state index in [1.807, 2.05) is 0 Å². The SMILES string of the molecule is CC1(C(=O)O)CC(C2CCS(=O)(=O)C2)CCN1. The Balaban J connectivity index is 2.06. The Kier molecular flexibility index (Phi) is 3.20. The molecule has 6 heteroatoms. The van der Waals surface area contributed by atoms with E-state index in [1.54, 1.807) is 6.92 Å². The molecule has 2 saturated heterocycles. The summed E-state index contributed by atoms with van der Waals surface area (Å²) < 4.78 is 22.9. The Morgan fingerprint density at radius 1 is 1.35 bits per heavy atom. The summed E-state index contributed by atoms with van der Waals surface area (Å²) in [6.07, 6.45) is 2.11. The van der Waals surface area contributed by atoms with E-state index in [0.29, 0.717) is 19.4 Å². The summed E-state index contributed by atoms with van der Waals surface area (Å²) in [7, 11) is -2.87. The van der Waals surface area contributed by atoms with Crippen molar-refractivity contribution in [2.24, 2.45) is 11.8 Å². The number of aliphatic carboxylic acids is 1. The minimum Gasteiger partial charge on any atom is -0.480 e. The zero-order valence-corrected chi connectivity index (χ0v) is 10.8. The second-order valence-corrected chi connectivity index (χ2v) is 7.71. The van der Waals surface area contributed by atoms with Gasteiger partial charge in [0.1, 0.15) is 5.54 Å². The molecule has 2 aliphatic rings. The van der Waals surface area contributed by atoms with Gasteiger partial charge in [-0.3, -0.25) is 4.79 Å². The van der Waals surface area contributed by atoms with Gasteiger partial charge in [-0.05, 0) is 44.6 Å². The van der Waals surface area contributed by atoms with Crippen molar-refractivity contribution in [3.8, 4) is 0 Å². The largest absolute Gasteiger partial charge is 0.480 e. The highest BCUT2D eigenvalue weighted by Crippen LogP contribution is 2.35. The predicted molar refractivity (Wildman–Crippen MR) is 63.5 cm³/mol. The zero-order valence-electron chi connectivity index (χ0n) is 9.98. The molecule has 0 aromatic carbocycles. The molecule has 3 atom stereocenters. The minimum absolute atomic E-state index is 0.153. The standard InChI is InChI=1S/C11H19NO4S/c1-11(10(13)14)6-8(2-4-12-11)9-3-5-17(15,16)7-9/h8-9,12H,2-7H2,1H3,(H,13,14). The first kappa shape index (κ1) is 12.8. The molecule has 5 nitrogen and oxygen atoms in total. The highest BCUT2D eigenvalue weighted by Gasteiger charge is 2.43. The Hall–Kier alpha value is -0.620. The van der Waals surface area contributed by atoms with E-state index in [-0.39, 0.29) is 23.3 Å². The van der Waals surface area contributed by atoms with Gasteiger partial charge < -0.3 is 10.4 Å². The fourth-order valence-electron chi connectivity index (χ4n) is 2.99. The molecule has 0 bridgehead atoms. The summed E-state index contributed by atoms with van der Waals surface area (Å²) in [4.78, 5) is 11.2. The molecule has 0 amide bonds. The molecular formula is C11H19NO4S. The molecule has 0 spiro atoms. The topological polar surface area (TPSA) is 83.5 Å². The molecule has 0 saturated carbocycles. The van der Waals surface area contributed by atoms with Crippen LogP contribution in [0.25, 0.3) is 0 Å². The summed E-state index contributed by atoms with van der Waals surface area (Å²) in [6, 6.07) is 0. The van der Waals surface area contributed by atoms with Crippen LogP contribution in [0.15, 0.2) is 0 Å². The zero-order chi connectivity index (χ0) is 12.7. The molecule has 0 radical (unpaired) electrons. The van der Waals surface area contributed by atoms with E-state index in [1.165, 1.54) is 0 Å². The average Bonchev–Trinajstić information content (AvgIpc) is 2.59. The Morgan fingerprint density at radius 3 is 2.59 bits per heavy atom. The number of hydrogen-bond acceptors (Lipinski definition) is 4. The highest BCUT2D eigenvalue weighted by molar-refractivity contribution is 7.91. The molecule has 2 heterocycles. The van der Waals surface area contributed by atoms with Crippen molar-refractivity contribution in [2.75, 3.05) is 18.1 Å². The van der Waals surface area contributed by atoms with Gasteiger partial charge in [0, 0.05) is 0 Å². The molecule has 0 aliphatic carbocycles. The van der Waals surface area contributed by atoms with Crippen molar-refractivity contribution in [1.29, 1.82) is 0 Å². The van der Waals surface area contributed by atoms with Gasteiger partial charge in [0.25, 0.3) is 0 Å². The van der Waals surface area contributed by atoms with E-state index in [9.17, 15) is 18.3 Å². The summed E-state index contributed by atoms with van der Waals surface area (Å²) in [5.74, 6) is 0.0390. The highest BCUT2D eigenvalue weighted by atomic mass is 32.2. The van der Waals surface area contributed by atoms with Crippen LogP contribution in [0, 0.1) is 11.8 Å². The number of sulfone groups is 1. The molecule has 3 unspecified atom stereocenters. The normalized spacial score (nSPS) is 41.2. The molecule has 2 rings (SSSR count). The Labute approximate surface area is 102 Å². The molecule has 17 heavy (non-hydrogen) atoms. The summed E-state index contributed by atoms with van der Waals surface area (Å²) in [6.45, 7) is 2.34. The van der Waals surface area contributed by atoms with Gasteiger partial charge in [-0.1, -0.05) is 0 Å². The minimum atomic E-state index is -2.87. The maximum absolute atomic E-state index is 11.4. The maximum Gasteiger partial charge on any atom is 0.323 e. The molecule has 2 fully saturated rings. The summed E-state index contributed by atoms with van der Waals surface area (Å²) >= 11 is 0. The van der Waals surface area contributed by atoms with E-state index >= 15 is 0 Å². The van der Waals surface area contributed by atoms with Crippen LogP contribution in [0.4, 0.5) is 0 Å². The second-order valence-electron chi connectivity index (χ2n) is 5.48. The number of piperidine rings is 1. The first-order valence-corrected chi connectivity index (χ1v) is 7.83. The van der Waals surface area contributed by atoms with Crippen molar-refractivity contribution < 1.29 is 18.3 Å². The molecule has 2 N–H and O–H groups in total. The summed E-state index contributed by atoms with van der Waals surface area (Å²) in [5.41, 5.74) is -0.894. The number of carboxylic acids is 1. The van der Waals surface area contributed by atoms with Crippen LogP contribution in [0.3, 0.4) is 0 Å². The smallest absolute Gasteiger partial charge is 0.323 e. The van der Waals surface area contributed by atoms with E-state index in [4.69, 9.17) is 0 Å². The lowest BCUT2D eigenvalue weighted by atomic mass is 9.76. The second kappa shape index (κ2) is 4.24. The third-order valence-electron chi connectivity index (χ3n) is 4.11. The van der Waals surface area contributed by atoms with Crippen LogP contribution < -0.4 is 5.32 Å². The monoisotopic (exact) mass is 261 g/mol. The number of carbonyl (C=O) groups is 1. The van der Waals surface area contributed by atoms with Crippen LogP contribution in [-0.4, -0.2) is 43.1 Å². The van der Waals surface area contributed by atoms with Crippen LogP contribution in [0.1, 0.15) is 26.2 Å². The van der Waals surface area contributed by atoms with Crippen molar-refractivity contribution in [3.05, 3.63) is 0 Å². The van der Waals surface area contributed by atoms with Gasteiger partial charge in [-0.15, -0.1) is 0 Å². The van der Waals surface area contributed by atoms with Crippen LogP contribution >= 0.6 is 0 Å². The Morgan fingerprint density at radius 2 is 2.06 bits per heavy atom. The third kappa shape index (κ3) is 2.63.